The Balaban J connectivity index is 1.63. The van der Waals surface area contributed by atoms with Crippen molar-refractivity contribution in [1.29, 1.82) is 0 Å². The highest BCUT2D eigenvalue weighted by atomic mass is 16.5. The summed E-state index contributed by atoms with van der Waals surface area (Å²) in [5, 5.41) is 3.61. The average Bonchev–Trinajstić information content (AvgIpc) is 2.87. The van der Waals surface area contributed by atoms with E-state index in [9.17, 15) is 0 Å². The Bertz CT molecular complexity index is 585. The molecule has 1 N–H and O–H groups in total. The van der Waals surface area contributed by atoms with Crippen molar-refractivity contribution in [2.45, 2.75) is 32.4 Å². The lowest BCUT2D eigenvalue weighted by molar-refractivity contribution is 0.412. The summed E-state index contributed by atoms with van der Waals surface area (Å²) >= 11 is 0. The van der Waals surface area contributed by atoms with Gasteiger partial charge in [-0.1, -0.05) is 24.3 Å². The van der Waals surface area contributed by atoms with Gasteiger partial charge in [0.25, 0.3) is 0 Å². The fraction of sp³-hybridized carbons (Fsp3) is 0.353. The number of ether oxygens (including phenoxy) is 1. The van der Waals surface area contributed by atoms with Crippen molar-refractivity contribution in [3.8, 4) is 5.75 Å². The van der Waals surface area contributed by atoms with E-state index in [1.54, 1.807) is 7.11 Å². The van der Waals surface area contributed by atoms with Gasteiger partial charge in [-0.05, 0) is 30.9 Å². The zero-order chi connectivity index (χ0) is 13.9. The van der Waals surface area contributed by atoms with Crippen molar-refractivity contribution in [1.82, 2.24) is 10.3 Å². The molecule has 1 aliphatic rings. The van der Waals surface area contributed by atoms with Crippen LogP contribution in [-0.2, 0) is 19.4 Å². The predicted molar refractivity (Wildman–Crippen MR) is 80.0 cm³/mol. The second-order valence-electron chi connectivity index (χ2n) is 5.39. The second kappa shape index (κ2) is 5.63. The van der Waals surface area contributed by atoms with Gasteiger partial charge in [0.1, 0.15) is 5.75 Å². The van der Waals surface area contributed by atoms with E-state index >= 15 is 0 Å². The summed E-state index contributed by atoms with van der Waals surface area (Å²) in [7, 11) is 1.69. The van der Waals surface area contributed by atoms with Gasteiger partial charge in [-0.3, -0.25) is 4.98 Å². The number of aryl methyl sites for hydroxylation is 1. The maximum absolute atomic E-state index is 5.29. The number of benzene rings is 1. The van der Waals surface area contributed by atoms with Crippen molar-refractivity contribution in [3.05, 3.63) is 58.9 Å². The molecule has 2 aromatic rings. The third-order valence-electron chi connectivity index (χ3n) is 3.84. The molecule has 0 saturated carbocycles. The van der Waals surface area contributed by atoms with Crippen LogP contribution in [0.4, 0.5) is 0 Å². The van der Waals surface area contributed by atoms with E-state index in [-0.39, 0.29) is 0 Å². The topological polar surface area (TPSA) is 34.1 Å². The maximum Gasteiger partial charge on any atom is 0.122 e. The Morgan fingerprint density at radius 2 is 1.90 bits per heavy atom. The monoisotopic (exact) mass is 268 g/mol. The van der Waals surface area contributed by atoms with Crippen molar-refractivity contribution in [3.63, 3.8) is 0 Å². The van der Waals surface area contributed by atoms with Crippen LogP contribution < -0.4 is 10.1 Å². The number of hydrogen-bond donors (Lipinski definition) is 1. The van der Waals surface area contributed by atoms with E-state index in [0.29, 0.717) is 6.04 Å². The van der Waals surface area contributed by atoms with Crippen LogP contribution in [0.25, 0.3) is 0 Å². The number of aromatic nitrogens is 1. The number of nitrogens with zero attached hydrogens (tertiary/aromatic N) is 1. The molecule has 3 rings (SSSR count). The minimum absolute atomic E-state index is 0.515. The number of nitrogens with one attached hydrogen (secondary N) is 1. The normalized spacial score (nSPS) is 14.3. The van der Waals surface area contributed by atoms with Gasteiger partial charge in [0.05, 0.1) is 12.8 Å². The van der Waals surface area contributed by atoms with Crippen LogP contribution in [0.2, 0.25) is 0 Å². The lowest BCUT2D eigenvalue weighted by Gasteiger charge is -2.12. The highest BCUT2D eigenvalue weighted by Gasteiger charge is 2.20. The molecule has 0 bridgehead atoms. The molecule has 0 unspecified atom stereocenters. The molecular weight excluding hydrogens is 248 g/mol. The molecule has 1 aliphatic carbocycles. The molecule has 20 heavy (non-hydrogen) atoms. The van der Waals surface area contributed by atoms with Gasteiger partial charge in [0.2, 0.25) is 0 Å². The molecule has 3 nitrogen and oxygen atoms in total. The molecular formula is C17H20N2O. The van der Waals surface area contributed by atoms with Gasteiger partial charge in [-0.15, -0.1) is 0 Å². The van der Waals surface area contributed by atoms with Crippen LogP contribution in [0.5, 0.6) is 5.75 Å². The summed E-state index contributed by atoms with van der Waals surface area (Å²) in [6.07, 6.45) is 2.22. The van der Waals surface area contributed by atoms with Crippen LogP contribution >= 0.6 is 0 Å². The molecule has 1 aromatic heterocycles. The summed E-state index contributed by atoms with van der Waals surface area (Å²) in [5.74, 6) is 0.879. The number of hydrogen-bond acceptors (Lipinski definition) is 3. The first-order valence-corrected chi connectivity index (χ1v) is 7.06. The van der Waals surface area contributed by atoms with E-state index in [4.69, 9.17) is 4.74 Å². The standard InChI is InChI=1S/C17H20N2O/c1-12-7-17(20-2)10-16(19-12)11-18-15-8-13-5-3-4-6-14(13)9-15/h3-7,10,15,18H,8-9,11H2,1-2H3. The zero-order valence-electron chi connectivity index (χ0n) is 12.0. The minimum Gasteiger partial charge on any atom is -0.497 e. The fourth-order valence-electron chi connectivity index (χ4n) is 2.86. The predicted octanol–water partition coefficient (Wildman–Crippen LogP) is 2.66. The molecule has 0 amide bonds. The van der Waals surface area contributed by atoms with Gasteiger partial charge < -0.3 is 10.1 Å². The molecule has 0 radical (unpaired) electrons. The number of rotatable bonds is 4. The highest BCUT2D eigenvalue weighted by Crippen LogP contribution is 2.22. The van der Waals surface area contributed by atoms with Crippen molar-refractivity contribution < 1.29 is 4.74 Å². The van der Waals surface area contributed by atoms with Crippen LogP contribution in [-0.4, -0.2) is 18.1 Å². The van der Waals surface area contributed by atoms with Gasteiger partial charge in [-0.2, -0.15) is 0 Å². The molecule has 3 heteroatoms. The van der Waals surface area contributed by atoms with Gasteiger partial charge in [-0.25, -0.2) is 0 Å². The molecule has 0 atom stereocenters. The molecule has 104 valence electrons. The SMILES string of the molecule is COc1cc(C)nc(CNC2Cc3ccccc3C2)c1. The Morgan fingerprint density at radius 1 is 1.20 bits per heavy atom. The molecule has 1 heterocycles. The fourth-order valence-corrected chi connectivity index (χ4v) is 2.86. The van der Waals surface area contributed by atoms with Gasteiger partial charge in [0.15, 0.2) is 0 Å². The summed E-state index contributed by atoms with van der Waals surface area (Å²) in [6.45, 7) is 2.79. The van der Waals surface area contributed by atoms with E-state index in [2.05, 4.69) is 34.6 Å². The van der Waals surface area contributed by atoms with Crippen LogP contribution in [0.1, 0.15) is 22.5 Å². The van der Waals surface area contributed by atoms with Crippen LogP contribution in [0.3, 0.4) is 0 Å². The smallest absolute Gasteiger partial charge is 0.122 e. The molecule has 0 fully saturated rings. The molecule has 1 aromatic carbocycles. The van der Waals surface area contributed by atoms with E-state index in [1.165, 1.54) is 11.1 Å². The first-order chi connectivity index (χ1) is 9.74. The quantitative estimate of drug-likeness (QED) is 0.925. The van der Waals surface area contributed by atoms with Gasteiger partial charge in [0, 0.05) is 30.4 Å². The largest absolute Gasteiger partial charge is 0.497 e. The highest BCUT2D eigenvalue weighted by molar-refractivity contribution is 5.33. The van der Waals surface area contributed by atoms with Crippen molar-refractivity contribution in [2.24, 2.45) is 0 Å². The van der Waals surface area contributed by atoms with Crippen LogP contribution in [0.15, 0.2) is 36.4 Å². The van der Waals surface area contributed by atoms with Crippen molar-refractivity contribution >= 4 is 0 Å². The zero-order valence-corrected chi connectivity index (χ0v) is 12.0. The second-order valence-corrected chi connectivity index (χ2v) is 5.39. The third-order valence-corrected chi connectivity index (χ3v) is 3.84. The average molecular weight is 268 g/mol. The van der Waals surface area contributed by atoms with Crippen LogP contribution in [0, 0.1) is 6.92 Å². The number of methoxy groups -OCH3 is 1. The maximum atomic E-state index is 5.29. The Labute approximate surface area is 120 Å². The first-order valence-electron chi connectivity index (χ1n) is 7.06. The molecule has 0 spiro atoms. The lowest BCUT2D eigenvalue weighted by atomic mass is 10.1. The van der Waals surface area contributed by atoms with E-state index in [0.717, 1.165) is 36.5 Å². The lowest BCUT2D eigenvalue weighted by Crippen LogP contribution is -2.29. The Morgan fingerprint density at radius 3 is 2.55 bits per heavy atom. The molecule has 0 aliphatic heterocycles. The summed E-state index contributed by atoms with van der Waals surface area (Å²) < 4.78 is 5.29. The summed E-state index contributed by atoms with van der Waals surface area (Å²) in [5.41, 5.74) is 4.98. The Kier molecular flexibility index (Phi) is 3.70. The molecule has 0 saturated heterocycles. The Hall–Kier alpha value is -1.87. The van der Waals surface area contributed by atoms with Crippen molar-refractivity contribution in [2.75, 3.05) is 7.11 Å². The minimum atomic E-state index is 0.515. The number of pyridine rings is 1. The number of fused-ring (bicyclic) bond motifs is 1. The third kappa shape index (κ3) is 2.83. The summed E-state index contributed by atoms with van der Waals surface area (Å²) in [6, 6.07) is 13.2. The summed E-state index contributed by atoms with van der Waals surface area (Å²) in [4.78, 5) is 4.55. The first kappa shape index (κ1) is 13.1. The van der Waals surface area contributed by atoms with E-state index < -0.39 is 0 Å². The van der Waals surface area contributed by atoms with E-state index in [1.807, 2.05) is 19.1 Å². The van der Waals surface area contributed by atoms with Gasteiger partial charge >= 0.3 is 0 Å².